The van der Waals surface area contributed by atoms with E-state index in [2.05, 4.69) is 29.6 Å². The predicted octanol–water partition coefficient (Wildman–Crippen LogP) is 1.47. The fraction of sp³-hybridized carbons (Fsp3) is 0.583. The Kier molecular flexibility index (Phi) is 3.99. The summed E-state index contributed by atoms with van der Waals surface area (Å²) < 4.78 is 7.43. The van der Waals surface area contributed by atoms with Crippen LogP contribution in [0.1, 0.15) is 18.4 Å². The molecule has 0 aliphatic carbocycles. The SMILES string of the molecule is Cc1cnn(CCNCC2CCC=CO2)c1. The van der Waals surface area contributed by atoms with Crippen molar-refractivity contribution in [3.8, 4) is 0 Å². The molecular formula is C12H19N3O. The van der Waals surface area contributed by atoms with E-state index in [1.54, 1.807) is 0 Å². The van der Waals surface area contributed by atoms with Crippen molar-refractivity contribution in [2.24, 2.45) is 0 Å². The molecule has 88 valence electrons. The maximum absolute atomic E-state index is 5.47. The molecular weight excluding hydrogens is 202 g/mol. The van der Waals surface area contributed by atoms with Gasteiger partial charge in [0.2, 0.25) is 0 Å². The first-order valence-corrected chi connectivity index (χ1v) is 5.85. The summed E-state index contributed by atoms with van der Waals surface area (Å²) in [5.41, 5.74) is 1.21. The van der Waals surface area contributed by atoms with Crippen molar-refractivity contribution >= 4 is 0 Å². The van der Waals surface area contributed by atoms with Crippen LogP contribution in [0, 0.1) is 6.92 Å². The quantitative estimate of drug-likeness (QED) is 0.765. The van der Waals surface area contributed by atoms with Crippen LogP contribution in [0.2, 0.25) is 0 Å². The summed E-state index contributed by atoms with van der Waals surface area (Å²) in [5, 5.41) is 7.63. The van der Waals surface area contributed by atoms with E-state index in [4.69, 9.17) is 4.74 Å². The molecule has 0 bridgehead atoms. The van der Waals surface area contributed by atoms with Gasteiger partial charge in [0, 0.05) is 19.3 Å². The van der Waals surface area contributed by atoms with E-state index < -0.39 is 0 Å². The van der Waals surface area contributed by atoms with Crippen molar-refractivity contribution in [2.75, 3.05) is 13.1 Å². The third kappa shape index (κ3) is 3.38. The van der Waals surface area contributed by atoms with Crippen LogP contribution in [0.15, 0.2) is 24.7 Å². The Morgan fingerprint density at radius 2 is 2.56 bits per heavy atom. The summed E-state index contributed by atoms with van der Waals surface area (Å²) in [5.74, 6) is 0. The summed E-state index contributed by atoms with van der Waals surface area (Å²) in [4.78, 5) is 0. The third-order valence-corrected chi connectivity index (χ3v) is 2.67. The Bertz CT molecular complexity index is 346. The lowest BCUT2D eigenvalue weighted by atomic mass is 10.1. The lowest BCUT2D eigenvalue weighted by molar-refractivity contribution is 0.122. The van der Waals surface area contributed by atoms with Crippen LogP contribution in [0.4, 0.5) is 0 Å². The first-order chi connectivity index (χ1) is 7.84. The summed E-state index contributed by atoms with van der Waals surface area (Å²) in [7, 11) is 0. The highest BCUT2D eigenvalue weighted by atomic mass is 16.5. The van der Waals surface area contributed by atoms with Crippen molar-refractivity contribution < 1.29 is 4.74 Å². The van der Waals surface area contributed by atoms with Crippen LogP contribution >= 0.6 is 0 Å². The molecule has 0 radical (unpaired) electrons. The second kappa shape index (κ2) is 5.70. The molecule has 0 amide bonds. The molecule has 16 heavy (non-hydrogen) atoms. The Morgan fingerprint density at radius 1 is 1.62 bits per heavy atom. The zero-order chi connectivity index (χ0) is 11.2. The van der Waals surface area contributed by atoms with Crippen molar-refractivity contribution in [2.45, 2.75) is 32.4 Å². The average molecular weight is 221 g/mol. The summed E-state index contributed by atoms with van der Waals surface area (Å²) in [6, 6.07) is 0. The number of nitrogens with one attached hydrogen (secondary N) is 1. The van der Waals surface area contributed by atoms with Crippen LogP contribution in [0.3, 0.4) is 0 Å². The molecule has 2 heterocycles. The molecule has 4 heteroatoms. The van der Waals surface area contributed by atoms with Gasteiger partial charge in [0.25, 0.3) is 0 Å². The maximum Gasteiger partial charge on any atom is 0.110 e. The molecule has 2 rings (SSSR count). The van der Waals surface area contributed by atoms with Crippen LogP contribution in [-0.4, -0.2) is 29.0 Å². The number of hydrogen-bond donors (Lipinski definition) is 1. The minimum Gasteiger partial charge on any atom is -0.497 e. The van der Waals surface area contributed by atoms with Crippen LogP contribution in [-0.2, 0) is 11.3 Å². The van der Waals surface area contributed by atoms with E-state index in [-0.39, 0.29) is 0 Å². The lowest BCUT2D eigenvalue weighted by Crippen LogP contribution is -2.31. The first-order valence-electron chi connectivity index (χ1n) is 5.85. The minimum atomic E-state index is 0.337. The number of aromatic nitrogens is 2. The van der Waals surface area contributed by atoms with Gasteiger partial charge in [-0.25, -0.2) is 0 Å². The number of allylic oxidation sites excluding steroid dienone is 1. The largest absolute Gasteiger partial charge is 0.497 e. The summed E-state index contributed by atoms with van der Waals surface area (Å²) in [6.45, 7) is 4.82. The third-order valence-electron chi connectivity index (χ3n) is 2.67. The first kappa shape index (κ1) is 11.2. The molecule has 0 aromatic carbocycles. The van der Waals surface area contributed by atoms with Crippen molar-refractivity contribution in [1.29, 1.82) is 0 Å². The molecule has 1 atom stereocenters. The second-order valence-corrected chi connectivity index (χ2v) is 4.19. The Hall–Kier alpha value is -1.29. The second-order valence-electron chi connectivity index (χ2n) is 4.19. The van der Waals surface area contributed by atoms with Gasteiger partial charge in [-0.1, -0.05) is 0 Å². The topological polar surface area (TPSA) is 39.1 Å². The standard InChI is InChI=1S/C12H19N3O/c1-11-8-14-15(10-11)6-5-13-9-12-4-2-3-7-16-12/h3,7-8,10,12-13H,2,4-6,9H2,1H3. The molecule has 1 aliphatic heterocycles. The van der Waals surface area contributed by atoms with Gasteiger partial charge in [-0.05, 0) is 31.4 Å². The molecule has 0 fully saturated rings. The number of rotatable bonds is 5. The van der Waals surface area contributed by atoms with Gasteiger partial charge in [-0.15, -0.1) is 0 Å². The fourth-order valence-corrected chi connectivity index (χ4v) is 1.78. The lowest BCUT2D eigenvalue weighted by Gasteiger charge is -2.19. The zero-order valence-corrected chi connectivity index (χ0v) is 9.72. The molecule has 0 saturated carbocycles. The Labute approximate surface area is 96.3 Å². The van der Waals surface area contributed by atoms with Gasteiger partial charge >= 0.3 is 0 Å². The van der Waals surface area contributed by atoms with Gasteiger partial charge in [0.1, 0.15) is 6.10 Å². The number of nitrogens with zero attached hydrogens (tertiary/aromatic N) is 2. The molecule has 1 unspecified atom stereocenters. The van der Waals surface area contributed by atoms with Crippen LogP contribution < -0.4 is 5.32 Å². The maximum atomic E-state index is 5.47. The van der Waals surface area contributed by atoms with E-state index >= 15 is 0 Å². The molecule has 0 saturated heterocycles. The predicted molar refractivity (Wildman–Crippen MR) is 63.1 cm³/mol. The molecule has 4 nitrogen and oxygen atoms in total. The Balaban J connectivity index is 1.59. The highest BCUT2D eigenvalue weighted by Gasteiger charge is 2.09. The van der Waals surface area contributed by atoms with Crippen molar-refractivity contribution in [3.63, 3.8) is 0 Å². The fourth-order valence-electron chi connectivity index (χ4n) is 1.78. The van der Waals surface area contributed by atoms with Crippen molar-refractivity contribution in [3.05, 3.63) is 30.3 Å². The molecule has 1 N–H and O–H groups in total. The number of ether oxygens (including phenoxy) is 1. The van der Waals surface area contributed by atoms with Gasteiger partial charge in [0.15, 0.2) is 0 Å². The van der Waals surface area contributed by atoms with E-state index in [0.29, 0.717) is 6.10 Å². The Morgan fingerprint density at radius 3 is 3.25 bits per heavy atom. The average Bonchev–Trinajstić information content (AvgIpc) is 2.72. The van der Waals surface area contributed by atoms with E-state index in [1.807, 2.05) is 17.1 Å². The summed E-state index contributed by atoms with van der Waals surface area (Å²) >= 11 is 0. The number of hydrogen-bond acceptors (Lipinski definition) is 3. The van der Waals surface area contributed by atoms with Crippen LogP contribution in [0.25, 0.3) is 0 Å². The highest BCUT2D eigenvalue weighted by Crippen LogP contribution is 2.08. The van der Waals surface area contributed by atoms with E-state index in [9.17, 15) is 0 Å². The monoisotopic (exact) mass is 221 g/mol. The molecule has 1 aromatic rings. The van der Waals surface area contributed by atoms with Crippen LogP contribution in [0.5, 0.6) is 0 Å². The van der Waals surface area contributed by atoms with Crippen molar-refractivity contribution in [1.82, 2.24) is 15.1 Å². The zero-order valence-electron chi connectivity index (χ0n) is 9.72. The summed E-state index contributed by atoms with van der Waals surface area (Å²) in [6.07, 6.45) is 10.4. The number of aryl methyl sites for hydroxylation is 1. The molecule has 0 spiro atoms. The van der Waals surface area contributed by atoms with Gasteiger partial charge in [-0.2, -0.15) is 5.10 Å². The van der Waals surface area contributed by atoms with Gasteiger partial charge in [-0.3, -0.25) is 4.68 Å². The van der Waals surface area contributed by atoms with E-state index in [0.717, 1.165) is 32.5 Å². The highest BCUT2D eigenvalue weighted by molar-refractivity contribution is 4.99. The van der Waals surface area contributed by atoms with Gasteiger partial charge in [0.05, 0.1) is 19.0 Å². The van der Waals surface area contributed by atoms with E-state index in [1.165, 1.54) is 5.56 Å². The molecule has 1 aliphatic rings. The molecule has 1 aromatic heterocycles. The normalized spacial score (nSPS) is 19.7. The van der Waals surface area contributed by atoms with Gasteiger partial charge < -0.3 is 10.1 Å². The smallest absolute Gasteiger partial charge is 0.110 e. The minimum absolute atomic E-state index is 0.337.